The Kier molecular flexibility index (Phi) is 7.71. The Morgan fingerprint density at radius 2 is 1.77 bits per heavy atom. The minimum atomic E-state index is -3.23. The van der Waals surface area contributed by atoms with E-state index in [-0.39, 0.29) is 21.4 Å². The van der Waals surface area contributed by atoms with Gasteiger partial charge in [-0.05, 0) is 27.6 Å². The van der Waals surface area contributed by atoms with Crippen LogP contribution in [0.3, 0.4) is 0 Å². The van der Waals surface area contributed by atoms with Gasteiger partial charge < -0.3 is 19.9 Å². The van der Waals surface area contributed by atoms with Crippen LogP contribution < -0.4 is 15.4 Å². The Balaban J connectivity index is 2.39. The maximum absolute atomic E-state index is 15.2. The summed E-state index contributed by atoms with van der Waals surface area (Å²) in [6.07, 6.45) is 0. The molecule has 1 unspecified atom stereocenters. The highest BCUT2D eigenvalue weighted by atomic mass is 79.9. The minimum absolute atomic E-state index is 0.116. The molecule has 0 aliphatic carbocycles. The zero-order valence-electron chi connectivity index (χ0n) is 18.2. The summed E-state index contributed by atoms with van der Waals surface area (Å²) >= 11 is 3.01. The Hall–Kier alpha value is -3.98. The molecule has 0 saturated carbocycles. The molecule has 0 spiro atoms. The van der Waals surface area contributed by atoms with Crippen molar-refractivity contribution in [3.63, 3.8) is 0 Å². The lowest BCUT2D eigenvalue weighted by molar-refractivity contribution is -0.139. The van der Waals surface area contributed by atoms with Gasteiger partial charge in [-0.1, -0.05) is 30.3 Å². The van der Waals surface area contributed by atoms with Gasteiger partial charge in [0.1, 0.15) is 17.3 Å². The van der Waals surface area contributed by atoms with E-state index in [4.69, 9.17) is 15.2 Å². The second kappa shape index (κ2) is 10.5. The second-order valence-electron chi connectivity index (χ2n) is 6.95. The number of carbonyl (C=O) groups excluding carboxylic acids is 2. The third kappa shape index (κ3) is 4.81. The predicted octanol–water partition coefficient (Wildman–Crippen LogP) is 4.09. The van der Waals surface area contributed by atoms with Crippen molar-refractivity contribution in [1.29, 1.82) is 5.26 Å². The Morgan fingerprint density at radius 1 is 1.14 bits per heavy atom. The van der Waals surface area contributed by atoms with Gasteiger partial charge in [0.25, 0.3) is 0 Å². The first-order chi connectivity index (χ1) is 16.7. The molecule has 3 rings (SSSR count). The summed E-state index contributed by atoms with van der Waals surface area (Å²) in [5, 5.41) is 9.97. The maximum Gasteiger partial charge on any atom is 0.387 e. The topological polar surface area (TPSA) is 115 Å². The van der Waals surface area contributed by atoms with E-state index < -0.39 is 47.4 Å². The van der Waals surface area contributed by atoms with Crippen LogP contribution in [0.25, 0.3) is 0 Å². The molecule has 182 valence electrons. The number of nitrogens with two attached hydrogens (primary N) is 1. The fourth-order valence-corrected chi connectivity index (χ4v) is 4.06. The zero-order chi connectivity index (χ0) is 25.9. The van der Waals surface area contributed by atoms with Crippen LogP contribution >= 0.6 is 15.9 Å². The van der Waals surface area contributed by atoms with Crippen molar-refractivity contribution in [1.82, 2.24) is 0 Å². The average molecular weight is 552 g/mol. The Bertz CT molecular complexity index is 1280. The summed E-state index contributed by atoms with van der Waals surface area (Å²) < 4.78 is 54.5. The third-order valence-corrected chi connectivity index (χ3v) is 5.69. The highest BCUT2D eigenvalue weighted by Crippen LogP contribution is 2.45. The van der Waals surface area contributed by atoms with E-state index in [1.807, 2.05) is 6.07 Å². The van der Waals surface area contributed by atoms with Gasteiger partial charge in [0.2, 0.25) is 0 Å². The van der Waals surface area contributed by atoms with E-state index in [1.165, 1.54) is 0 Å². The van der Waals surface area contributed by atoms with E-state index >= 15 is 4.39 Å². The summed E-state index contributed by atoms with van der Waals surface area (Å²) in [5.41, 5.74) is 5.22. The molecule has 12 heteroatoms. The number of rotatable bonds is 6. The fourth-order valence-electron chi connectivity index (χ4n) is 3.64. The lowest BCUT2D eigenvalue weighted by atomic mass is 9.81. The molecule has 1 heterocycles. The largest absolute Gasteiger partial charge is 0.466 e. The molecule has 0 saturated heterocycles. The van der Waals surface area contributed by atoms with Crippen molar-refractivity contribution in [2.24, 2.45) is 5.73 Å². The molecule has 0 bridgehead atoms. The number of nitriles is 1. The number of allylic oxidation sites excluding steroid dienone is 1. The van der Waals surface area contributed by atoms with E-state index in [0.29, 0.717) is 11.6 Å². The van der Waals surface area contributed by atoms with Gasteiger partial charge in [0, 0.05) is 6.07 Å². The van der Waals surface area contributed by atoms with Gasteiger partial charge in [0.05, 0.1) is 47.5 Å². The Labute approximate surface area is 206 Å². The number of ether oxygens (including phenoxy) is 3. The molecule has 0 amide bonds. The smallest absolute Gasteiger partial charge is 0.387 e. The first kappa shape index (κ1) is 25.6. The van der Waals surface area contributed by atoms with Crippen LogP contribution in [0.4, 0.5) is 18.9 Å². The van der Waals surface area contributed by atoms with Crippen LogP contribution in [0.1, 0.15) is 11.5 Å². The lowest BCUT2D eigenvalue weighted by Gasteiger charge is -2.36. The number of methoxy groups -OCH3 is 2. The van der Waals surface area contributed by atoms with E-state index in [9.17, 15) is 23.6 Å². The molecule has 2 aromatic carbocycles. The second-order valence-corrected chi connectivity index (χ2v) is 7.80. The number of alkyl halides is 2. The van der Waals surface area contributed by atoms with Gasteiger partial charge in [-0.25, -0.2) is 14.0 Å². The van der Waals surface area contributed by atoms with Crippen LogP contribution in [0.5, 0.6) is 5.75 Å². The fraction of sp³-hybridized carbons (Fsp3) is 0.174. The average Bonchev–Trinajstić information content (AvgIpc) is 2.84. The third-order valence-electron chi connectivity index (χ3n) is 5.07. The molecule has 1 aliphatic rings. The number of carbonyl (C=O) groups is 2. The minimum Gasteiger partial charge on any atom is -0.466 e. The van der Waals surface area contributed by atoms with Gasteiger partial charge in [-0.3, -0.25) is 4.90 Å². The van der Waals surface area contributed by atoms with Crippen molar-refractivity contribution >= 4 is 33.6 Å². The van der Waals surface area contributed by atoms with Crippen LogP contribution in [-0.4, -0.2) is 32.8 Å². The molecule has 0 aromatic heterocycles. The van der Waals surface area contributed by atoms with Gasteiger partial charge in [-0.15, -0.1) is 0 Å². The number of halogens is 4. The number of benzene rings is 2. The van der Waals surface area contributed by atoms with Gasteiger partial charge >= 0.3 is 18.6 Å². The molecular weight excluding hydrogens is 535 g/mol. The summed E-state index contributed by atoms with van der Waals surface area (Å²) in [6.45, 7) is -3.23. The number of esters is 2. The first-order valence-electron chi connectivity index (χ1n) is 9.75. The number of anilines is 1. The van der Waals surface area contributed by atoms with E-state index in [2.05, 4.69) is 20.7 Å². The van der Waals surface area contributed by atoms with Crippen molar-refractivity contribution in [2.75, 3.05) is 19.1 Å². The molecule has 0 fully saturated rings. The highest BCUT2D eigenvalue weighted by molar-refractivity contribution is 9.10. The van der Waals surface area contributed by atoms with Gasteiger partial charge in [-0.2, -0.15) is 14.0 Å². The number of hydrogen-bond donors (Lipinski definition) is 1. The molecule has 1 aliphatic heterocycles. The number of hydrogen-bond acceptors (Lipinski definition) is 8. The SMILES string of the molecule is COC(=O)C1=C(C(=O)OC)N(c2cc(Br)c(OC(F)F)cc2F)C(N)=C(C#N)C1c1ccccc1. The van der Waals surface area contributed by atoms with E-state index in [1.54, 1.807) is 30.3 Å². The first-order valence-corrected chi connectivity index (χ1v) is 10.5. The number of nitrogens with zero attached hydrogens (tertiary/aromatic N) is 2. The van der Waals surface area contributed by atoms with Crippen molar-refractivity contribution in [3.05, 3.63) is 81.0 Å². The molecule has 2 aromatic rings. The molecule has 1 atom stereocenters. The predicted molar refractivity (Wildman–Crippen MR) is 120 cm³/mol. The monoisotopic (exact) mass is 551 g/mol. The van der Waals surface area contributed by atoms with Gasteiger partial charge in [0.15, 0.2) is 5.82 Å². The van der Waals surface area contributed by atoms with Crippen molar-refractivity contribution in [2.45, 2.75) is 12.5 Å². The molecular formula is C23H17BrF3N3O5. The van der Waals surface area contributed by atoms with Crippen molar-refractivity contribution in [3.8, 4) is 11.8 Å². The molecule has 8 nitrogen and oxygen atoms in total. The molecule has 0 radical (unpaired) electrons. The maximum atomic E-state index is 15.2. The van der Waals surface area contributed by atoms with Crippen LogP contribution in [0.2, 0.25) is 0 Å². The molecule has 35 heavy (non-hydrogen) atoms. The van der Waals surface area contributed by atoms with E-state index in [0.717, 1.165) is 25.2 Å². The standard InChI is InChI=1S/C23H17BrF3N3O5/c1-33-21(31)18-17(11-6-4-3-5-7-11)12(10-28)20(29)30(19(18)22(32)34-2)15-8-13(24)16(9-14(15)25)35-23(26)27/h3-9,17,23H,29H2,1-2H3. The highest BCUT2D eigenvalue weighted by Gasteiger charge is 2.43. The normalized spacial score (nSPS) is 15.7. The summed E-state index contributed by atoms with van der Waals surface area (Å²) in [5.74, 6) is -5.29. The van der Waals surface area contributed by atoms with Crippen LogP contribution in [0.15, 0.2) is 69.6 Å². The quantitative estimate of drug-likeness (QED) is 0.534. The Morgan fingerprint density at radius 3 is 2.31 bits per heavy atom. The molecule has 2 N–H and O–H groups in total. The summed E-state index contributed by atoms with van der Waals surface area (Å²) in [7, 11) is 2.10. The lowest BCUT2D eigenvalue weighted by Crippen LogP contribution is -2.41. The summed E-state index contributed by atoms with van der Waals surface area (Å²) in [4.78, 5) is 26.7. The zero-order valence-corrected chi connectivity index (χ0v) is 19.8. The van der Waals surface area contributed by atoms with Crippen LogP contribution in [0, 0.1) is 17.1 Å². The summed E-state index contributed by atoms with van der Waals surface area (Å²) in [6, 6.07) is 11.8. The van der Waals surface area contributed by atoms with Crippen molar-refractivity contribution < 1.29 is 37.0 Å². The van der Waals surface area contributed by atoms with Crippen LogP contribution in [-0.2, 0) is 19.1 Å².